The second-order valence-electron chi connectivity index (χ2n) is 13.0. The van der Waals surface area contributed by atoms with Gasteiger partial charge in [0.05, 0.1) is 11.1 Å². The number of aromatic nitrogens is 2. The minimum atomic E-state index is -2.40. The highest BCUT2D eigenvalue weighted by Gasteiger charge is 2.42. The number of hydrogen-bond acceptors (Lipinski definition) is 2. The van der Waals surface area contributed by atoms with Gasteiger partial charge in [0.2, 0.25) is 11.4 Å². The van der Waals surface area contributed by atoms with Crippen LogP contribution in [0.3, 0.4) is 0 Å². The maximum Gasteiger partial charge on any atom is 0.227 e. The van der Waals surface area contributed by atoms with E-state index in [2.05, 4.69) is 46.8 Å². The summed E-state index contributed by atoms with van der Waals surface area (Å²) in [6.07, 6.45) is 3.75. The number of aryl methyl sites for hydroxylation is 3. The van der Waals surface area contributed by atoms with Crippen molar-refractivity contribution in [3.63, 3.8) is 0 Å². The Labute approximate surface area is 251 Å². The summed E-state index contributed by atoms with van der Waals surface area (Å²) in [6.45, 7) is 6.77. The number of furan rings is 1. The fourth-order valence-electron chi connectivity index (χ4n) is 7.15. The maximum atomic E-state index is 8.42. The Bertz CT molecular complexity index is 2240. The quantitative estimate of drug-likeness (QED) is 0.203. The highest BCUT2D eigenvalue weighted by atomic mass is 16.3. The third-order valence-electron chi connectivity index (χ3n) is 9.32. The molecule has 3 heteroatoms. The Morgan fingerprint density at radius 2 is 1.63 bits per heavy atom. The van der Waals surface area contributed by atoms with E-state index >= 15 is 0 Å². The molecule has 41 heavy (non-hydrogen) atoms. The number of hydrogen-bond donors (Lipinski definition) is 0. The van der Waals surface area contributed by atoms with Crippen molar-refractivity contribution in [2.45, 2.75) is 72.0 Å². The van der Waals surface area contributed by atoms with Crippen molar-refractivity contribution in [1.82, 2.24) is 4.98 Å². The van der Waals surface area contributed by atoms with Crippen LogP contribution < -0.4 is 4.57 Å². The third kappa shape index (κ3) is 3.85. The van der Waals surface area contributed by atoms with E-state index in [-0.39, 0.29) is 22.0 Å². The van der Waals surface area contributed by atoms with Crippen LogP contribution in [0.1, 0.15) is 76.6 Å². The topological polar surface area (TPSA) is 29.9 Å². The lowest BCUT2D eigenvalue weighted by molar-refractivity contribution is -0.660. The van der Waals surface area contributed by atoms with Gasteiger partial charge < -0.3 is 4.42 Å². The lowest BCUT2D eigenvalue weighted by Crippen LogP contribution is -2.36. The van der Waals surface area contributed by atoms with Crippen LogP contribution in [0.15, 0.2) is 71.3 Å². The van der Waals surface area contributed by atoms with Crippen molar-refractivity contribution in [1.29, 1.82) is 0 Å². The van der Waals surface area contributed by atoms with E-state index in [4.69, 9.17) is 17.6 Å². The Hall–Kier alpha value is -3.98. The first-order valence-corrected chi connectivity index (χ1v) is 14.3. The molecule has 3 nitrogen and oxygen atoms in total. The van der Waals surface area contributed by atoms with Gasteiger partial charge in [-0.15, -0.1) is 0 Å². The molecule has 0 atom stereocenters. The molecule has 0 fully saturated rings. The fraction of sp³-hybridized carbons (Fsp3) is 0.316. The van der Waals surface area contributed by atoms with Crippen LogP contribution in [0.25, 0.3) is 55.4 Å². The Kier molecular flexibility index (Phi) is 4.27. The average Bonchev–Trinajstić information content (AvgIpc) is 3.34. The molecule has 0 saturated heterocycles. The van der Waals surface area contributed by atoms with Crippen LogP contribution in [0.4, 0.5) is 0 Å². The first-order chi connectivity index (χ1) is 21.9. The molecule has 3 aromatic heterocycles. The number of benzene rings is 3. The number of pyridine rings is 2. The van der Waals surface area contributed by atoms with Gasteiger partial charge in [0.25, 0.3) is 0 Å². The number of rotatable bonds is 2. The van der Waals surface area contributed by atoms with Gasteiger partial charge in [0.1, 0.15) is 7.05 Å². The Morgan fingerprint density at radius 1 is 0.902 bits per heavy atom. The van der Waals surface area contributed by atoms with Crippen molar-refractivity contribution in [2.75, 3.05) is 0 Å². The summed E-state index contributed by atoms with van der Waals surface area (Å²) in [5.74, 6) is 0. The monoisotopic (exact) mass is 545 g/mol. The molecule has 0 radical (unpaired) electrons. The summed E-state index contributed by atoms with van der Waals surface area (Å²) in [7, 11) is 1.88. The van der Waals surface area contributed by atoms with E-state index in [0.717, 1.165) is 56.9 Å². The molecule has 0 aliphatic heterocycles. The number of fused-ring (bicyclic) bond motifs is 6. The second-order valence-corrected chi connectivity index (χ2v) is 13.0. The predicted molar refractivity (Wildman–Crippen MR) is 171 cm³/mol. The van der Waals surface area contributed by atoms with Gasteiger partial charge in [-0.05, 0) is 84.2 Å². The van der Waals surface area contributed by atoms with Crippen molar-refractivity contribution in [3.8, 4) is 22.4 Å². The largest absolute Gasteiger partial charge is 0.437 e. The summed E-state index contributed by atoms with van der Waals surface area (Å²) < 4.78 is 57.4. The van der Waals surface area contributed by atoms with E-state index in [1.165, 1.54) is 11.1 Å². The van der Waals surface area contributed by atoms with Crippen molar-refractivity contribution < 1.29 is 17.2 Å². The average molecular weight is 546 g/mol. The van der Waals surface area contributed by atoms with Crippen LogP contribution in [0, 0.1) is 20.6 Å². The first-order valence-electron chi connectivity index (χ1n) is 17.3. The zero-order valence-electron chi connectivity index (χ0n) is 30.6. The van der Waals surface area contributed by atoms with Gasteiger partial charge in [0, 0.05) is 36.0 Å². The Balaban J connectivity index is 1.62. The van der Waals surface area contributed by atoms with Crippen LogP contribution in [-0.4, -0.2) is 4.98 Å². The van der Waals surface area contributed by atoms with E-state index in [0.29, 0.717) is 16.8 Å². The van der Waals surface area contributed by atoms with Gasteiger partial charge in [0.15, 0.2) is 11.8 Å². The molecule has 0 unspecified atom stereocenters. The number of nitrogens with zero attached hydrogens (tertiary/aromatic N) is 2. The molecule has 0 bridgehead atoms. The normalized spacial score (nSPS) is 18.8. The van der Waals surface area contributed by atoms with Gasteiger partial charge in [-0.1, -0.05) is 75.7 Å². The van der Waals surface area contributed by atoms with Crippen LogP contribution >= 0.6 is 0 Å². The van der Waals surface area contributed by atoms with Crippen LogP contribution in [-0.2, 0) is 17.9 Å². The number of para-hydroxylation sites is 1. The van der Waals surface area contributed by atoms with E-state index in [1.54, 1.807) is 30.5 Å². The van der Waals surface area contributed by atoms with Gasteiger partial charge in [-0.2, -0.15) is 0 Å². The molecule has 0 N–H and O–H groups in total. The van der Waals surface area contributed by atoms with Gasteiger partial charge in [-0.25, -0.2) is 9.55 Å². The highest BCUT2D eigenvalue weighted by molar-refractivity contribution is 6.14. The molecule has 7 rings (SSSR count). The summed E-state index contributed by atoms with van der Waals surface area (Å²) >= 11 is 0. The minimum Gasteiger partial charge on any atom is -0.437 e. The zero-order chi connectivity index (χ0) is 33.8. The summed E-state index contributed by atoms with van der Waals surface area (Å²) in [6, 6.07) is 18.7. The van der Waals surface area contributed by atoms with Gasteiger partial charge in [-0.3, -0.25) is 0 Å². The van der Waals surface area contributed by atoms with Gasteiger partial charge >= 0.3 is 0 Å². The summed E-state index contributed by atoms with van der Waals surface area (Å²) in [5, 5.41) is 3.08. The standard InChI is InChI=1S/C38H39N2O/c1-22-13-15-25(16-14-22)27-20-30(40(8)21-23(27)2)31-24(3)33-34(38(6,7)18-17-37(33,4)5)32-28-19-26-11-9-10-12-29(26)39-36(28)41-35(31)32/h9-16,19-21H,17-18H2,1-8H3/q+1/i1D3,2D3. The van der Waals surface area contributed by atoms with E-state index in [1.807, 2.05) is 35.9 Å². The third-order valence-corrected chi connectivity index (χ3v) is 9.32. The molecule has 1 aliphatic carbocycles. The van der Waals surface area contributed by atoms with Crippen molar-refractivity contribution in [2.24, 2.45) is 7.05 Å². The molecule has 206 valence electrons. The zero-order valence-corrected chi connectivity index (χ0v) is 24.6. The van der Waals surface area contributed by atoms with Crippen LogP contribution in [0.2, 0.25) is 0 Å². The fourth-order valence-corrected chi connectivity index (χ4v) is 7.15. The molecule has 0 spiro atoms. The van der Waals surface area contributed by atoms with Crippen molar-refractivity contribution >= 4 is 33.0 Å². The maximum absolute atomic E-state index is 8.42. The molecule has 3 aromatic carbocycles. The molecule has 3 heterocycles. The minimum absolute atomic E-state index is 0.113. The predicted octanol–water partition coefficient (Wildman–Crippen LogP) is 9.57. The molecule has 0 saturated carbocycles. The molecule has 6 aromatic rings. The molecule has 0 amide bonds. The SMILES string of the molecule is [2H]C([2H])([2H])c1ccc(-c2cc(-c3c(C)c4c(c5c3oc3nc6ccccc6cc35)C(C)(C)CCC4(C)C)[n+](C)cc2C([2H])([2H])[2H])cc1. The van der Waals surface area contributed by atoms with Crippen LogP contribution in [0.5, 0.6) is 0 Å². The highest BCUT2D eigenvalue weighted by Crippen LogP contribution is 2.54. The first kappa shape index (κ1) is 20.0. The molecular formula is C38H39N2O+. The Morgan fingerprint density at radius 3 is 2.37 bits per heavy atom. The van der Waals surface area contributed by atoms with E-state index < -0.39 is 13.7 Å². The molecule has 1 aliphatic rings. The lowest BCUT2D eigenvalue weighted by atomic mass is 9.60. The summed E-state index contributed by atoms with van der Waals surface area (Å²) in [5.41, 5.74) is 8.93. The second kappa shape index (κ2) is 8.76. The lowest BCUT2D eigenvalue weighted by Gasteiger charge is -2.43. The molecular weight excluding hydrogens is 500 g/mol. The smallest absolute Gasteiger partial charge is 0.227 e. The summed E-state index contributed by atoms with van der Waals surface area (Å²) in [4.78, 5) is 4.98. The van der Waals surface area contributed by atoms with E-state index in [9.17, 15) is 0 Å². The van der Waals surface area contributed by atoms with Crippen molar-refractivity contribution in [3.05, 3.63) is 94.7 Å².